The SMILES string of the molecule is Oc1cc(COc2ccccc2)ccc1C(F)(F)F. The van der Waals surface area contributed by atoms with Gasteiger partial charge in [-0.05, 0) is 29.8 Å². The van der Waals surface area contributed by atoms with Crippen molar-refractivity contribution in [1.82, 2.24) is 0 Å². The first kappa shape index (κ1) is 13.3. The lowest BCUT2D eigenvalue weighted by atomic mass is 10.1. The zero-order chi connectivity index (χ0) is 13.9. The molecule has 0 atom stereocenters. The molecule has 0 bridgehead atoms. The number of para-hydroxylation sites is 1. The first-order valence-corrected chi connectivity index (χ1v) is 5.54. The summed E-state index contributed by atoms with van der Waals surface area (Å²) in [5.41, 5.74) is -0.578. The largest absolute Gasteiger partial charge is 0.507 e. The number of alkyl halides is 3. The first-order chi connectivity index (χ1) is 8.97. The molecule has 0 aliphatic rings. The molecule has 2 nitrogen and oxygen atoms in total. The van der Waals surface area contributed by atoms with E-state index in [0.717, 1.165) is 12.1 Å². The molecule has 0 heterocycles. The topological polar surface area (TPSA) is 29.5 Å². The average Bonchev–Trinajstić information content (AvgIpc) is 2.36. The molecule has 19 heavy (non-hydrogen) atoms. The highest BCUT2D eigenvalue weighted by Gasteiger charge is 2.33. The molecule has 100 valence electrons. The quantitative estimate of drug-likeness (QED) is 0.912. The summed E-state index contributed by atoms with van der Waals surface area (Å²) < 4.78 is 42.7. The minimum Gasteiger partial charge on any atom is -0.507 e. The highest BCUT2D eigenvalue weighted by molar-refractivity contribution is 5.38. The van der Waals surface area contributed by atoms with Gasteiger partial charge >= 0.3 is 6.18 Å². The van der Waals surface area contributed by atoms with Gasteiger partial charge in [0.25, 0.3) is 0 Å². The third-order valence-corrected chi connectivity index (χ3v) is 2.52. The molecule has 0 unspecified atom stereocenters. The number of halogens is 3. The molecule has 2 aromatic carbocycles. The van der Waals surface area contributed by atoms with Crippen LogP contribution in [0.2, 0.25) is 0 Å². The van der Waals surface area contributed by atoms with Gasteiger partial charge in [-0.25, -0.2) is 0 Å². The van der Waals surface area contributed by atoms with Crippen LogP contribution in [0.25, 0.3) is 0 Å². The Morgan fingerprint density at radius 2 is 1.68 bits per heavy atom. The summed E-state index contributed by atoms with van der Waals surface area (Å²) in [7, 11) is 0. The molecule has 0 amide bonds. The van der Waals surface area contributed by atoms with Gasteiger partial charge in [-0.1, -0.05) is 24.3 Å². The Balaban J connectivity index is 2.09. The molecule has 0 aromatic heterocycles. The predicted octanol–water partition coefficient (Wildman–Crippen LogP) is 3.99. The van der Waals surface area contributed by atoms with Crippen molar-refractivity contribution in [3.8, 4) is 11.5 Å². The van der Waals surface area contributed by atoms with E-state index in [-0.39, 0.29) is 6.61 Å². The maximum Gasteiger partial charge on any atom is 0.419 e. The van der Waals surface area contributed by atoms with Crippen LogP contribution in [-0.2, 0) is 12.8 Å². The summed E-state index contributed by atoms with van der Waals surface area (Å²) >= 11 is 0. The Labute approximate surface area is 108 Å². The van der Waals surface area contributed by atoms with Crippen LogP contribution in [-0.4, -0.2) is 5.11 Å². The van der Waals surface area contributed by atoms with Crippen molar-refractivity contribution in [1.29, 1.82) is 0 Å². The van der Waals surface area contributed by atoms with Crippen molar-refractivity contribution in [3.63, 3.8) is 0 Å². The second-order valence-corrected chi connectivity index (χ2v) is 3.95. The number of rotatable bonds is 3. The molecule has 0 fully saturated rings. The van der Waals surface area contributed by atoms with E-state index in [1.54, 1.807) is 24.3 Å². The van der Waals surface area contributed by atoms with Gasteiger partial charge < -0.3 is 9.84 Å². The van der Waals surface area contributed by atoms with E-state index in [0.29, 0.717) is 11.3 Å². The Hall–Kier alpha value is -2.17. The van der Waals surface area contributed by atoms with E-state index in [1.807, 2.05) is 6.07 Å². The van der Waals surface area contributed by atoms with Crippen LogP contribution in [0.4, 0.5) is 13.2 Å². The summed E-state index contributed by atoms with van der Waals surface area (Å²) in [6, 6.07) is 12.1. The van der Waals surface area contributed by atoms with Gasteiger partial charge in [-0.3, -0.25) is 0 Å². The molecule has 0 radical (unpaired) electrons. The van der Waals surface area contributed by atoms with E-state index in [4.69, 9.17) is 4.74 Å². The lowest BCUT2D eigenvalue weighted by Crippen LogP contribution is -2.06. The number of ether oxygens (including phenoxy) is 1. The smallest absolute Gasteiger partial charge is 0.419 e. The number of hydrogen-bond donors (Lipinski definition) is 1. The van der Waals surface area contributed by atoms with Gasteiger partial charge in [0.05, 0.1) is 5.56 Å². The zero-order valence-corrected chi connectivity index (χ0v) is 9.82. The van der Waals surface area contributed by atoms with Crippen molar-refractivity contribution < 1.29 is 23.0 Å². The summed E-state index contributed by atoms with van der Waals surface area (Å²) in [6.07, 6.45) is -4.55. The maximum atomic E-state index is 12.4. The Bertz CT molecular complexity index is 550. The van der Waals surface area contributed by atoms with Crippen molar-refractivity contribution >= 4 is 0 Å². The van der Waals surface area contributed by atoms with Gasteiger partial charge in [0.1, 0.15) is 18.1 Å². The van der Waals surface area contributed by atoms with E-state index in [9.17, 15) is 18.3 Å². The summed E-state index contributed by atoms with van der Waals surface area (Å²) in [5.74, 6) is -0.177. The van der Waals surface area contributed by atoms with Crippen LogP contribution in [0.1, 0.15) is 11.1 Å². The average molecular weight is 268 g/mol. The normalized spacial score (nSPS) is 11.3. The van der Waals surface area contributed by atoms with Gasteiger partial charge in [-0.15, -0.1) is 0 Å². The molecular formula is C14H11F3O2. The number of phenols is 1. The van der Waals surface area contributed by atoms with E-state index in [1.165, 1.54) is 6.07 Å². The molecule has 0 aliphatic carbocycles. The van der Waals surface area contributed by atoms with Crippen LogP contribution in [0, 0.1) is 0 Å². The van der Waals surface area contributed by atoms with Crippen molar-refractivity contribution in [3.05, 3.63) is 59.7 Å². The van der Waals surface area contributed by atoms with Crippen LogP contribution < -0.4 is 4.74 Å². The lowest BCUT2D eigenvalue weighted by molar-refractivity contribution is -0.138. The van der Waals surface area contributed by atoms with Crippen LogP contribution in [0.5, 0.6) is 11.5 Å². The fourth-order valence-corrected chi connectivity index (χ4v) is 1.59. The van der Waals surface area contributed by atoms with E-state index in [2.05, 4.69) is 0 Å². The number of phenolic OH excluding ortho intramolecular Hbond substituents is 1. The second-order valence-electron chi connectivity index (χ2n) is 3.95. The fourth-order valence-electron chi connectivity index (χ4n) is 1.59. The van der Waals surface area contributed by atoms with E-state index < -0.39 is 17.5 Å². The Morgan fingerprint density at radius 3 is 2.26 bits per heavy atom. The molecule has 0 spiro atoms. The molecule has 1 N–H and O–H groups in total. The lowest BCUT2D eigenvalue weighted by Gasteiger charge is -2.11. The van der Waals surface area contributed by atoms with Gasteiger partial charge in [0.2, 0.25) is 0 Å². The van der Waals surface area contributed by atoms with Crippen LogP contribution in [0.15, 0.2) is 48.5 Å². The van der Waals surface area contributed by atoms with Crippen molar-refractivity contribution in [2.24, 2.45) is 0 Å². The Kier molecular flexibility index (Phi) is 3.64. The molecule has 5 heteroatoms. The molecule has 0 saturated carbocycles. The minimum atomic E-state index is -4.55. The monoisotopic (exact) mass is 268 g/mol. The number of aromatic hydroxyl groups is 1. The molecule has 2 aromatic rings. The van der Waals surface area contributed by atoms with Gasteiger partial charge in [-0.2, -0.15) is 13.2 Å². The van der Waals surface area contributed by atoms with Crippen LogP contribution >= 0.6 is 0 Å². The molecular weight excluding hydrogens is 257 g/mol. The highest BCUT2D eigenvalue weighted by Crippen LogP contribution is 2.36. The Morgan fingerprint density at radius 1 is 1.00 bits per heavy atom. The number of benzene rings is 2. The number of hydrogen-bond acceptors (Lipinski definition) is 2. The minimum absolute atomic E-state index is 0.0930. The van der Waals surface area contributed by atoms with Gasteiger partial charge in [0.15, 0.2) is 0 Å². The predicted molar refractivity (Wildman–Crippen MR) is 63.9 cm³/mol. The third-order valence-electron chi connectivity index (χ3n) is 2.52. The molecule has 0 saturated heterocycles. The first-order valence-electron chi connectivity index (χ1n) is 5.54. The fraction of sp³-hybridized carbons (Fsp3) is 0.143. The standard InChI is InChI=1S/C14H11F3O2/c15-14(16,17)12-7-6-10(8-13(12)18)9-19-11-4-2-1-3-5-11/h1-8,18H,9H2. The molecule has 2 rings (SSSR count). The van der Waals surface area contributed by atoms with Crippen LogP contribution in [0.3, 0.4) is 0 Å². The summed E-state index contributed by atoms with van der Waals surface area (Å²) in [6.45, 7) is 0.0930. The summed E-state index contributed by atoms with van der Waals surface area (Å²) in [5, 5.41) is 9.35. The van der Waals surface area contributed by atoms with E-state index >= 15 is 0 Å². The van der Waals surface area contributed by atoms with Crippen molar-refractivity contribution in [2.45, 2.75) is 12.8 Å². The summed E-state index contributed by atoms with van der Waals surface area (Å²) in [4.78, 5) is 0. The highest BCUT2D eigenvalue weighted by atomic mass is 19.4. The second kappa shape index (κ2) is 5.22. The third kappa shape index (κ3) is 3.40. The van der Waals surface area contributed by atoms with Gasteiger partial charge in [0, 0.05) is 0 Å². The van der Waals surface area contributed by atoms with Crippen molar-refractivity contribution in [2.75, 3.05) is 0 Å². The zero-order valence-electron chi connectivity index (χ0n) is 9.82. The molecule has 0 aliphatic heterocycles. The maximum absolute atomic E-state index is 12.4.